The Morgan fingerprint density at radius 1 is 0.909 bits per heavy atom. The Morgan fingerprint density at radius 3 is 2.64 bits per heavy atom. The normalized spacial score (nSPS) is 11.1. The monoisotopic (exact) mass is 287 g/mol. The van der Waals surface area contributed by atoms with Gasteiger partial charge in [-0.15, -0.1) is 0 Å². The molecule has 4 aromatic rings. The molecule has 0 fully saturated rings. The molecule has 0 aliphatic heterocycles. The van der Waals surface area contributed by atoms with Crippen LogP contribution in [0.2, 0.25) is 0 Å². The molecule has 4 rings (SSSR count). The zero-order valence-corrected chi connectivity index (χ0v) is 12.2. The number of hydrogen-bond acceptors (Lipinski definition) is 2. The van der Waals surface area contributed by atoms with Gasteiger partial charge in [0.15, 0.2) is 0 Å². The Kier molecular flexibility index (Phi) is 3.24. The van der Waals surface area contributed by atoms with Gasteiger partial charge in [-0.2, -0.15) is 0 Å². The summed E-state index contributed by atoms with van der Waals surface area (Å²) in [5.74, 6) is 0. The first-order valence-electron chi connectivity index (χ1n) is 7.55. The van der Waals surface area contributed by atoms with Crippen LogP contribution in [0.25, 0.3) is 21.9 Å². The number of hydrogen-bond donors (Lipinski definition) is 2. The lowest BCUT2D eigenvalue weighted by molar-refractivity contribution is 1.02. The number of aromatic amines is 1. The number of nitrogens with one attached hydrogen (secondary N) is 2. The van der Waals surface area contributed by atoms with Gasteiger partial charge < -0.3 is 10.3 Å². The van der Waals surface area contributed by atoms with E-state index >= 15 is 0 Å². The van der Waals surface area contributed by atoms with E-state index in [-0.39, 0.29) is 0 Å². The zero-order valence-electron chi connectivity index (χ0n) is 12.2. The van der Waals surface area contributed by atoms with Crippen LogP contribution in [0, 0.1) is 0 Å². The van der Waals surface area contributed by atoms with E-state index in [9.17, 15) is 0 Å². The predicted octanol–water partition coefficient (Wildman–Crippen LogP) is 4.37. The molecule has 0 amide bonds. The summed E-state index contributed by atoms with van der Waals surface area (Å²) in [4.78, 5) is 7.83. The fraction of sp³-hybridized carbons (Fsp3) is 0.105. The van der Waals surface area contributed by atoms with E-state index < -0.39 is 0 Å². The molecule has 108 valence electrons. The molecule has 0 aliphatic rings. The minimum Gasteiger partial charge on any atom is -0.384 e. The van der Waals surface area contributed by atoms with Crippen molar-refractivity contribution in [3.05, 3.63) is 72.4 Å². The van der Waals surface area contributed by atoms with E-state index in [2.05, 4.69) is 63.8 Å². The average molecular weight is 287 g/mol. The summed E-state index contributed by atoms with van der Waals surface area (Å²) in [6.07, 6.45) is 2.86. The van der Waals surface area contributed by atoms with Gasteiger partial charge in [0.25, 0.3) is 0 Å². The van der Waals surface area contributed by atoms with Gasteiger partial charge in [0.1, 0.15) is 5.65 Å². The molecular formula is C19H17N3. The van der Waals surface area contributed by atoms with Crippen molar-refractivity contribution in [2.75, 3.05) is 11.9 Å². The van der Waals surface area contributed by atoms with Crippen molar-refractivity contribution in [2.45, 2.75) is 6.42 Å². The van der Waals surface area contributed by atoms with Gasteiger partial charge in [0.05, 0.1) is 0 Å². The standard InChI is InChI=1S/C19H17N3/c1-2-6-14(7-3-1)10-12-20-17-11-13-21-19-18(17)15-8-4-5-9-16(15)22-19/h1-9,11,13H,10,12H2,(H2,20,21,22). The Balaban J connectivity index is 1.64. The van der Waals surface area contributed by atoms with Gasteiger partial charge in [0.2, 0.25) is 0 Å². The molecule has 2 aromatic carbocycles. The van der Waals surface area contributed by atoms with Crippen LogP contribution in [-0.2, 0) is 6.42 Å². The smallest absolute Gasteiger partial charge is 0.140 e. The molecule has 3 nitrogen and oxygen atoms in total. The van der Waals surface area contributed by atoms with E-state index in [0.717, 1.165) is 29.8 Å². The van der Waals surface area contributed by atoms with Crippen LogP contribution in [0.4, 0.5) is 5.69 Å². The molecule has 0 aliphatic carbocycles. The number of para-hydroxylation sites is 1. The van der Waals surface area contributed by atoms with Crippen LogP contribution < -0.4 is 5.32 Å². The quantitative estimate of drug-likeness (QED) is 0.585. The van der Waals surface area contributed by atoms with E-state index in [1.165, 1.54) is 16.3 Å². The van der Waals surface area contributed by atoms with Crippen LogP contribution in [0.5, 0.6) is 0 Å². The number of fused-ring (bicyclic) bond motifs is 3. The highest BCUT2D eigenvalue weighted by Crippen LogP contribution is 2.29. The van der Waals surface area contributed by atoms with Gasteiger partial charge in [-0.25, -0.2) is 4.98 Å². The van der Waals surface area contributed by atoms with Crippen LogP contribution in [0.1, 0.15) is 5.56 Å². The van der Waals surface area contributed by atoms with Crippen LogP contribution >= 0.6 is 0 Å². The van der Waals surface area contributed by atoms with Gasteiger partial charge in [-0.1, -0.05) is 48.5 Å². The Labute approximate surface area is 129 Å². The molecule has 0 spiro atoms. The summed E-state index contributed by atoms with van der Waals surface area (Å²) in [7, 11) is 0. The molecule has 0 atom stereocenters. The van der Waals surface area contributed by atoms with Crippen LogP contribution in [-0.4, -0.2) is 16.5 Å². The maximum atomic E-state index is 4.45. The van der Waals surface area contributed by atoms with Crippen molar-refractivity contribution in [1.82, 2.24) is 9.97 Å². The number of pyridine rings is 1. The highest BCUT2D eigenvalue weighted by Gasteiger charge is 2.08. The SMILES string of the molecule is c1ccc(CCNc2ccnc3[nH]c4ccccc4c23)cc1. The number of rotatable bonds is 4. The van der Waals surface area contributed by atoms with Crippen molar-refractivity contribution >= 4 is 27.6 Å². The first-order chi connectivity index (χ1) is 10.9. The topological polar surface area (TPSA) is 40.7 Å². The molecular weight excluding hydrogens is 270 g/mol. The molecule has 0 saturated carbocycles. The first-order valence-corrected chi connectivity index (χ1v) is 7.55. The maximum Gasteiger partial charge on any atom is 0.140 e. The number of aromatic nitrogens is 2. The van der Waals surface area contributed by atoms with Gasteiger partial charge in [-0.3, -0.25) is 0 Å². The molecule has 0 unspecified atom stereocenters. The summed E-state index contributed by atoms with van der Waals surface area (Å²) < 4.78 is 0. The van der Waals surface area contributed by atoms with Crippen LogP contribution in [0.3, 0.4) is 0 Å². The summed E-state index contributed by atoms with van der Waals surface area (Å²) in [6.45, 7) is 0.905. The summed E-state index contributed by atoms with van der Waals surface area (Å²) in [5.41, 5.74) is 4.55. The first kappa shape index (κ1) is 12.9. The Hall–Kier alpha value is -2.81. The lowest BCUT2D eigenvalue weighted by Crippen LogP contribution is -2.05. The second-order valence-electron chi connectivity index (χ2n) is 5.42. The summed E-state index contributed by atoms with van der Waals surface area (Å²) in [6, 6.07) is 20.9. The predicted molar refractivity (Wildman–Crippen MR) is 92.2 cm³/mol. The minimum atomic E-state index is 0.905. The second kappa shape index (κ2) is 5.53. The fourth-order valence-electron chi connectivity index (χ4n) is 2.90. The van der Waals surface area contributed by atoms with E-state index in [4.69, 9.17) is 0 Å². The third-order valence-electron chi connectivity index (χ3n) is 3.97. The largest absolute Gasteiger partial charge is 0.384 e. The van der Waals surface area contributed by atoms with Crippen molar-refractivity contribution in [3.63, 3.8) is 0 Å². The Bertz CT molecular complexity index is 910. The maximum absolute atomic E-state index is 4.45. The van der Waals surface area contributed by atoms with E-state index in [0.29, 0.717) is 0 Å². The number of benzene rings is 2. The van der Waals surface area contributed by atoms with Crippen LogP contribution in [0.15, 0.2) is 66.9 Å². The molecule has 22 heavy (non-hydrogen) atoms. The third kappa shape index (κ3) is 2.31. The molecule has 3 heteroatoms. The number of anilines is 1. The van der Waals surface area contributed by atoms with E-state index in [1.54, 1.807) is 0 Å². The second-order valence-corrected chi connectivity index (χ2v) is 5.42. The zero-order chi connectivity index (χ0) is 14.8. The summed E-state index contributed by atoms with van der Waals surface area (Å²) >= 11 is 0. The molecule has 2 heterocycles. The van der Waals surface area contributed by atoms with Crippen molar-refractivity contribution in [3.8, 4) is 0 Å². The van der Waals surface area contributed by atoms with E-state index in [1.807, 2.05) is 18.3 Å². The van der Waals surface area contributed by atoms with Gasteiger partial charge >= 0.3 is 0 Å². The lowest BCUT2D eigenvalue weighted by atomic mass is 10.1. The number of nitrogens with zero attached hydrogens (tertiary/aromatic N) is 1. The van der Waals surface area contributed by atoms with Gasteiger partial charge in [-0.05, 0) is 24.1 Å². The Morgan fingerprint density at radius 2 is 1.73 bits per heavy atom. The van der Waals surface area contributed by atoms with Crippen molar-refractivity contribution < 1.29 is 0 Å². The highest BCUT2D eigenvalue weighted by molar-refractivity contribution is 6.11. The fourth-order valence-corrected chi connectivity index (χ4v) is 2.90. The highest BCUT2D eigenvalue weighted by atomic mass is 14.9. The van der Waals surface area contributed by atoms with Crippen molar-refractivity contribution in [2.24, 2.45) is 0 Å². The molecule has 0 bridgehead atoms. The molecule has 2 aromatic heterocycles. The lowest BCUT2D eigenvalue weighted by Gasteiger charge is -2.08. The third-order valence-corrected chi connectivity index (χ3v) is 3.97. The number of H-pyrrole nitrogens is 1. The summed E-state index contributed by atoms with van der Waals surface area (Å²) in [5, 5.41) is 5.94. The molecule has 2 N–H and O–H groups in total. The average Bonchev–Trinajstić information content (AvgIpc) is 2.95. The molecule has 0 saturated heterocycles. The molecule has 0 radical (unpaired) electrons. The minimum absolute atomic E-state index is 0.905. The van der Waals surface area contributed by atoms with Crippen molar-refractivity contribution in [1.29, 1.82) is 0 Å². The van der Waals surface area contributed by atoms with Gasteiger partial charge in [0, 0.05) is 34.7 Å².